The van der Waals surface area contributed by atoms with E-state index < -0.39 is 188 Å². The molecule has 3 aliphatic heterocycles. The fourth-order valence-electron chi connectivity index (χ4n) is 12.8. The molecule has 18 N–H and O–H groups in total. The van der Waals surface area contributed by atoms with Crippen LogP contribution in [0.4, 0.5) is 0 Å². The SMILES string of the molecule is CC(C)C[C@@H]1NC(=O)[C@H](CCCN)NC(=O)[C@H](C(C)C)NC(=O)[C@H](Cc2ccc(O)cc2)NC(=O)[C@H](CCC(N)=O)NC(=O)[C@H](Cc2cn(C[C@H]3OC(O)[C@@H](O)[C@@H](O)[C@@H]3O)nn2)NC(=O)[C@@H](Cc2ccccc2)NC(=O)[C@H](Cc2ccccc2)NC(=O)[C@@H]2CCCN2C(=O)[C@@H](Cc2ccccc2)NC1=O. The Morgan fingerprint density at radius 3 is 1.48 bits per heavy atom. The third-order valence-electron chi connectivity index (χ3n) is 18.5. The van der Waals surface area contributed by atoms with E-state index in [1.807, 2.05) is 13.8 Å². The lowest BCUT2D eigenvalue weighted by molar-refractivity contribution is -0.284. The molecule has 5 aromatic rings. The maximum Gasteiger partial charge on any atom is 0.246 e. The van der Waals surface area contributed by atoms with E-state index in [1.165, 1.54) is 35.4 Å². The van der Waals surface area contributed by atoms with Gasteiger partial charge in [-0.05, 0) is 91.3 Å². The molecule has 1 aromatic heterocycles. The van der Waals surface area contributed by atoms with E-state index >= 15 is 28.8 Å². The van der Waals surface area contributed by atoms with Crippen LogP contribution in [0.25, 0.3) is 0 Å². The summed E-state index contributed by atoms with van der Waals surface area (Å²) in [4.78, 5) is 164. The Bertz CT molecular complexity index is 3780. The molecular formula is C73H97N15O17. The van der Waals surface area contributed by atoms with Crippen molar-refractivity contribution in [3.05, 3.63) is 149 Å². The highest BCUT2D eigenvalue weighted by Gasteiger charge is 2.45. The summed E-state index contributed by atoms with van der Waals surface area (Å²) in [5, 5.41) is 84.9. The van der Waals surface area contributed by atoms with Crippen LogP contribution >= 0.6 is 0 Å². The van der Waals surface area contributed by atoms with Crippen molar-refractivity contribution in [2.24, 2.45) is 23.3 Å². The van der Waals surface area contributed by atoms with Gasteiger partial charge in [-0.25, -0.2) is 4.68 Å². The Morgan fingerprint density at radius 1 is 0.524 bits per heavy atom. The molecule has 32 heteroatoms. The first kappa shape index (κ1) is 80.4. The number of fused-ring (bicyclic) bond motifs is 1. The van der Waals surface area contributed by atoms with Crippen LogP contribution in [0.1, 0.15) is 101 Å². The Kier molecular flexibility index (Phi) is 29.5. The molecule has 15 atom stereocenters. The topological polar surface area (TPSA) is 492 Å². The van der Waals surface area contributed by atoms with Crippen LogP contribution < -0.4 is 59.3 Å². The number of nitrogens with two attached hydrogens (primary N) is 2. The minimum atomic E-state index is -1.91. The summed E-state index contributed by atoms with van der Waals surface area (Å²) >= 11 is 0. The van der Waals surface area contributed by atoms with Crippen LogP contribution in [-0.4, -0.2) is 215 Å². The maximum atomic E-state index is 15.4. The molecule has 32 nitrogen and oxygen atoms in total. The molecule has 8 rings (SSSR count). The van der Waals surface area contributed by atoms with Crippen molar-refractivity contribution in [3.63, 3.8) is 0 Å². The van der Waals surface area contributed by atoms with Gasteiger partial charge in [-0.2, -0.15) is 0 Å². The second kappa shape index (κ2) is 38.5. The number of nitrogens with one attached hydrogen (secondary N) is 9. The summed E-state index contributed by atoms with van der Waals surface area (Å²) in [7, 11) is 0. The lowest BCUT2D eigenvalue weighted by atomic mass is 9.98. The molecule has 0 spiro atoms. The number of aromatic nitrogens is 3. The number of hydrogen-bond acceptors (Lipinski definition) is 20. The van der Waals surface area contributed by atoms with Gasteiger partial charge in [0.2, 0.25) is 65.0 Å². The summed E-state index contributed by atoms with van der Waals surface area (Å²) in [6.45, 7) is 6.58. The number of amides is 11. The van der Waals surface area contributed by atoms with Gasteiger partial charge in [0.15, 0.2) is 6.29 Å². The second-order valence-corrected chi connectivity index (χ2v) is 27.6. The molecule has 0 saturated carbocycles. The number of rotatable bonds is 21. The second-order valence-electron chi connectivity index (χ2n) is 27.6. The zero-order valence-electron chi connectivity index (χ0n) is 59.0. The van der Waals surface area contributed by atoms with E-state index in [4.69, 9.17) is 16.2 Å². The van der Waals surface area contributed by atoms with Crippen molar-refractivity contribution in [2.45, 2.75) is 202 Å². The Morgan fingerprint density at radius 2 is 0.962 bits per heavy atom. The number of benzene rings is 4. The smallest absolute Gasteiger partial charge is 0.246 e. The fraction of sp³-hybridized carbons (Fsp3) is 0.493. The van der Waals surface area contributed by atoms with Crippen LogP contribution in [0, 0.1) is 11.8 Å². The monoisotopic (exact) mass is 1460 g/mol. The number of ether oxygens (including phenoxy) is 1. The number of phenolic OH excluding ortho intramolecular Hbond substituents is 1. The van der Waals surface area contributed by atoms with Crippen molar-refractivity contribution < 1.29 is 83.0 Å². The summed E-state index contributed by atoms with van der Waals surface area (Å²) in [5.74, 6) is -10.9. The number of primary amides is 1. The molecular weight excluding hydrogens is 1360 g/mol. The molecule has 3 fully saturated rings. The Hall–Kier alpha value is -10.3. The molecule has 3 aliphatic rings. The van der Waals surface area contributed by atoms with E-state index in [-0.39, 0.29) is 81.8 Å². The van der Waals surface area contributed by atoms with Crippen LogP contribution in [0.5, 0.6) is 5.75 Å². The van der Waals surface area contributed by atoms with Gasteiger partial charge in [-0.3, -0.25) is 52.7 Å². The lowest BCUT2D eigenvalue weighted by Crippen LogP contribution is -2.62. The summed E-state index contributed by atoms with van der Waals surface area (Å²) in [5.41, 5.74) is 13.7. The van der Waals surface area contributed by atoms with Gasteiger partial charge in [0.25, 0.3) is 0 Å². The molecule has 105 heavy (non-hydrogen) atoms. The highest BCUT2D eigenvalue weighted by Crippen LogP contribution is 2.24. The molecule has 0 aliphatic carbocycles. The van der Waals surface area contributed by atoms with Crippen LogP contribution in [0.2, 0.25) is 0 Å². The number of aromatic hydroxyl groups is 1. The van der Waals surface area contributed by atoms with Crippen molar-refractivity contribution in [1.29, 1.82) is 0 Å². The van der Waals surface area contributed by atoms with Crippen LogP contribution in [0.3, 0.4) is 0 Å². The average Bonchev–Trinajstić information content (AvgIpc) is 1.80. The number of nitrogens with zero attached hydrogens (tertiary/aromatic N) is 4. The first-order chi connectivity index (χ1) is 50.1. The molecule has 0 radical (unpaired) electrons. The molecule has 11 amide bonds. The first-order valence-electron chi connectivity index (χ1n) is 35.3. The predicted octanol–water partition coefficient (Wildman–Crippen LogP) is -2.63. The standard InChI is InChI=1S/C73H97N15O17/c1-40(2)32-50-65(96)83-55(36-44-20-12-7-13-21-44)72(103)88-31-15-23-56(88)70(101)82-52(34-43-18-10-6-11-19-43)67(98)80-51(33-42-16-8-5-9-17-42)66(97)81-54(37-46-38-87(86-85-46)39-57-60(91)61(92)62(93)73(104)105-57)68(99)76-49(28-29-58(75)90)64(95)79-53(35-45-24-26-47(89)27-25-45)69(100)84-59(41(3)4)71(102)77-48(22-14-30-74)63(94)78-50/h5-13,16-21,24-27,38,40-41,48-57,59-62,73,89,91-93,104H,14-15,22-23,28-37,39,74H2,1-4H3,(H2,75,90)(H,76,99)(H,77,102)(H,78,94)(H,79,95)(H,80,98)(H,81,97)(H,82,101)(H,83,96)(H,84,100)/t48-,49-,50-,51+,52-,53-,54-,55+,56-,57+,59-,60+,61-,62-,73?/m0/s1. The molecule has 1 unspecified atom stereocenters. The van der Waals surface area contributed by atoms with Gasteiger partial charge in [0, 0.05) is 51.3 Å². The minimum Gasteiger partial charge on any atom is -0.508 e. The summed E-state index contributed by atoms with van der Waals surface area (Å²) in [6, 6.07) is 16.5. The number of hydrogen-bond donors (Lipinski definition) is 16. The normalized spacial score (nSPS) is 26.9. The van der Waals surface area contributed by atoms with Crippen LogP contribution in [0.15, 0.2) is 121 Å². The van der Waals surface area contributed by atoms with Gasteiger partial charge in [-0.1, -0.05) is 136 Å². The fourth-order valence-corrected chi connectivity index (χ4v) is 12.8. The highest BCUT2D eigenvalue weighted by molar-refractivity contribution is 6.00. The van der Waals surface area contributed by atoms with E-state index in [1.54, 1.807) is 105 Å². The number of phenols is 1. The van der Waals surface area contributed by atoms with Gasteiger partial charge >= 0.3 is 0 Å². The molecule has 4 aromatic carbocycles. The quantitative estimate of drug-likeness (QED) is 0.0357. The van der Waals surface area contributed by atoms with Crippen molar-refractivity contribution in [3.8, 4) is 5.75 Å². The van der Waals surface area contributed by atoms with Gasteiger partial charge in [-0.15, -0.1) is 5.10 Å². The molecule has 4 heterocycles. The Labute approximate surface area is 607 Å². The van der Waals surface area contributed by atoms with E-state index in [0.717, 1.165) is 4.68 Å². The summed E-state index contributed by atoms with van der Waals surface area (Å²) in [6.07, 6.45) is -9.21. The molecule has 0 bridgehead atoms. The maximum absolute atomic E-state index is 15.4. The van der Waals surface area contributed by atoms with Crippen molar-refractivity contribution in [1.82, 2.24) is 67.7 Å². The highest BCUT2D eigenvalue weighted by atomic mass is 16.6. The number of aliphatic hydroxyl groups is 4. The Balaban J connectivity index is 1.23. The molecule has 3 saturated heterocycles. The van der Waals surface area contributed by atoms with E-state index in [0.29, 0.717) is 28.7 Å². The largest absolute Gasteiger partial charge is 0.508 e. The van der Waals surface area contributed by atoms with E-state index in [9.17, 15) is 49.5 Å². The minimum absolute atomic E-state index is 0.0456. The number of aliphatic hydroxyl groups excluding tert-OH is 4. The zero-order chi connectivity index (χ0) is 76.0. The first-order valence-corrected chi connectivity index (χ1v) is 35.3. The predicted molar refractivity (Wildman–Crippen MR) is 378 cm³/mol. The third kappa shape index (κ3) is 23.4. The average molecular weight is 1460 g/mol. The van der Waals surface area contributed by atoms with Crippen molar-refractivity contribution in [2.75, 3.05) is 13.1 Å². The molecule has 566 valence electrons. The van der Waals surface area contributed by atoms with Gasteiger partial charge < -0.3 is 94.5 Å². The van der Waals surface area contributed by atoms with Gasteiger partial charge in [0.05, 0.1) is 12.2 Å². The van der Waals surface area contributed by atoms with Gasteiger partial charge in [0.1, 0.15) is 90.6 Å². The summed E-state index contributed by atoms with van der Waals surface area (Å²) < 4.78 is 6.47. The third-order valence-corrected chi connectivity index (χ3v) is 18.5. The number of carbonyl (C=O) groups is 11. The van der Waals surface area contributed by atoms with Crippen molar-refractivity contribution >= 4 is 65.0 Å². The lowest BCUT2D eigenvalue weighted by Gasteiger charge is -2.38. The zero-order valence-corrected chi connectivity index (χ0v) is 59.0. The number of carbonyl (C=O) groups excluding carboxylic acids is 11. The van der Waals surface area contributed by atoms with Crippen LogP contribution in [-0.2, 0) is 96.1 Å². The van der Waals surface area contributed by atoms with E-state index in [2.05, 4.69) is 58.2 Å².